The lowest BCUT2D eigenvalue weighted by Crippen LogP contribution is -2.30. The van der Waals surface area contributed by atoms with Crippen molar-refractivity contribution in [3.8, 4) is 11.5 Å². The van der Waals surface area contributed by atoms with Crippen molar-refractivity contribution in [1.29, 1.82) is 0 Å². The molecule has 1 atom stereocenters. The molecule has 0 unspecified atom stereocenters. The zero-order valence-corrected chi connectivity index (χ0v) is 17.7. The lowest BCUT2D eigenvalue weighted by Gasteiger charge is -2.14. The molecule has 2 aromatic carbocycles. The second-order valence-corrected chi connectivity index (χ2v) is 7.09. The molecule has 2 aromatic rings. The number of aryl methyl sites for hydroxylation is 1. The molecule has 156 valence electrons. The quantitative estimate of drug-likeness (QED) is 0.635. The van der Waals surface area contributed by atoms with Gasteiger partial charge in [0, 0.05) is 12.1 Å². The summed E-state index contributed by atoms with van der Waals surface area (Å²) in [5, 5.41) is 2.77. The van der Waals surface area contributed by atoms with E-state index in [2.05, 4.69) is 19.2 Å². The summed E-state index contributed by atoms with van der Waals surface area (Å²) in [6.07, 6.45) is -0.238. The van der Waals surface area contributed by atoms with E-state index >= 15 is 0 Å². The highest BCUT2D eigenvalue weighted by Gasteiger charge is 2.18. The third kappa shape index (κ3) is 6.52. The van der Waals surface area contributed by atoms with Crippen molar-refractivity contribution in [2.24, 2.45) is 0 Å². The van der Waals surface area contributed by atoms with E-state index in [4.69, 9.17) is 14.2 Å². The van der Waals surface area contributed by atoms with E-state index in [0.717, 1.165) is 5.56 Å². The summed E-state index contributed by atoms with van der Waals surface area (Å²) in [4.78, 5) is 24.4. The summed E-state index contributed by atoms with van der Waals surface area (Å²) in [7, 11) is 3.13. The number of hydrogen-bond acceptors (Lipinski definition) is 5. The first-order valence-corrected chi connectivity index (χ1v) is 9.65. The maximum Gasteiger partial charge on any atom is 0.306 e. The summed E-state index contributed by atoms with van der Waals surface area (Å²) < 4.78 is 15.7. The number of nitrogens with one attached hydrogen (secondary N) is 1. The fourth-order valence-corrected chi connectivity index (χ4v) is 2.79. The Bertz CT molecular complexity index is 830. The minimum Gasteiger partial charge on any atom is -0.493 e. The summed E-state index contributed by atoms with van der Waals surface area (Å²) in [6, 6.07) is 13.1. The number of amides is 1. The van der Waals surface area contributed by atoms with Crippen molar-refractivity contribution < 1.29 is 23.8 Å². The van der Waals surface area contributed by atoms with E-state index in [1.807, 2.05) is 36.4 Å². The fourth-order valence-electron chi connectivity index (χ4n) is 2.79. The first-order valence-electron chi connectivity index (χ1n) is 9.65. The van der Waals surface area contributed by atoms with Crippen LogP contribution in [-0.4, -0.2) is 32.2 Å². The van der Waals surface area contributed by atoms with Gasteiger partial charge in [-0.2, -0.15) is 0 Å². The summed E-state index contributed by atoms with van der Waals surface area (Å²) in [6.45, 7) is 5.78. The van der Waals surface area contributed by atoms with Crippen molar-refractivity contribution >= 4 is 17.6 Å². The van der Waals surface area contributed by atoms with Gasteiger partial charge in [-0.15, -0.1) is 0 Å². The monoisotopic (exact) mass is 399 g/mol. The van der Waals surface area contributed by atoms with Crippen LogP contribution in [0.4, 0.5) is 5.69 Å². The second kappa shape index (κ2) is 10.5. The molecule has 0 aromatic heterocycles. The zero-order valence-electron chi connectivity index (χ0n) is 17.7. The molecule has 1 N–H and O–H groups in total. The molecule has 6 nitrogen and oxygen atoms in total. The molecular formula is C23H29NO5. The molecule has 0 aliphatic rings. The first-order chi connectivity index (χ1) is 13.8. The van der Waals surface area contributed by atoms with Crippen molar-refractivity contribution in [3.63, 3.8) is 0 Å². The van der Waals surface area contributed by atoms with E-state index in [9.17, 15) is 9.59 Å². The third-order valence-electron chi connectivity index (χ3n) is 4.59. The van der Waals surface area contributed by atoms with Gasteiger partial charge < -0.3 is 19.5 Å². The summed E-state index contributed by atoms with van der Waals surface area (Å²) in [5.41, 5.74) is 2.78. The van der Waals surface area contributed by atoms with Crippen molar-refractivity contribution in [2.75, 3.05) is 19.5 Å². The number of rotatable bonds is 9. The predicted octanol–water partition coefficient (Wildman–Crippen LogP) is 4.33. The van der Waals surface area contributed by atoms with Crippen molar-refractivity contribution in [2.45, 2.75) is 45.6 Å². The topological polar surface area (TPSA) is 73.9 Å². The van der Waals surface area contributed by atoms with Crippen LogP contribution in [0.1, 0.15) is 44.2 Å². The average molecular weight is 399 g/mol. The van der Waals surface area contributed by atoms with Crippen molar-refractivity contribution in [1.82, 2.24) is 0 Å². The summed E-state index contributed by atoms with van der Waals surface area (Å²) in [5.74, 6) is 0.866. The lowest BCUT2D eigenvalue weighted by molar-refractivity contribution is -0.153. The van der Waals surface area contributed by atoms with E-state index in [1.54, 1.807) is 27.2 Å². The molecule has 0 saturated carbocycles. The highest BCUT2D eigenvalue weighted by molar-refractivity contribution is 5.95. The molecule has 0 bridgehead atoms. The number of benzene rings is 2. The smallest absolute Gasteiger partial charge is 0.306 e. The van der Waals surface area contributed by atoms with Crippen LogP contribution in [0.5, 0.6) is 11.5 Å². The Morgan fingerprint density at radius 1 is 0.931 bits per heavy atom. The summed E-state index contributed by atoms with van der Waals surface area (Å²) >= 11 is 0. The highest BCUT2D eigenvalue weighted by Crippen LogP contribution is 2.28. The van der Waals surface area contributed by atoms with Gasteiger partial charge in [-0.3, -0.25) is 9.59 Å². The molecule has 0 radical (unpaired) electrons. The molecular weight excluding hydrogens is 370 g/mol. The normalized spacial score (nSPS) is 11.7. The maximum absolute atomic E-state index is 12.3. The van der Waals surface area contributed by atoms with Gasteiger partial charge >= 0.3 is 5.97 Å². The van der Waals surface area contributed by atoms with Crippen LogP contribution in [0, 0.1) is 0 Å². The van der Waals surface area contributed by atoms with Crippen LogP contribution in [0.3, 0.4) is 0 Å². The van der Waals surface area contributed by atoms with E-state index in [1.165, 1.54) is 5.56 Å². The second-order valence-electron chi connectivity index (χ2n) is 7.09. The Morgan fingerprint density at radius 2 is 1.59 bits per heavy atom. The Labute approximate surface area is 172 Å². The Balaban J connectivity index is 1.84. The lowest BCUT2D eigenvalue weighted by atomic mass is 10.0. The zero-order chi connectivity index (χ0) is 21.4. The minimum absolute atomic E-state index is 0.163. The van der Waals surface area contributed by atoms with E-state index in [-0.39, 0.29) is 12.3 Å². The van der Waals surface area contributed by atoms with Gasteiger partial charge in [0.2, 0.25) is 0 Å². The van der Waals surface area contributed by atoms with Crippen LogP contribution in [-0.2, 0) is 20.7 Å². The first kappa shape index (κ1) is 22.3. The Morgan fingerprint density at radius 3 is 2.17 bits per heavy atom. The number of hydrogen-bond donors (Lipinski definition) is 1. The predicted molar refractivity (Wildman–Crippen MR) is 113 cm³/mol. The van der Waals surface area contributed by atoms with E-state index in [0.29, 0.717) is 29.5 Å². The van der Waals surface area contributed by atoms with Gasteiger partial charge in [0.15, 0.2) is 17.6 Å². The molecule has 0 spiro atoms. The van der Waals surface area contributed by atoms with Gasteiger partial charge in [0.25, 0.3) is 5.91 Å². The molecule has 0 aliphatic carbocycles. The average Bonchev–Trinajstić information content (AvgIpc) is 2.72. The molecule has 0 aliphatic heterocycles. The minimum atomic E-state index is -0.877. The van der Waals surface area contributed by atoms with Crippen LogP contribution < -0.4 is 14.8 Å². The Hall–Kier alpha value is -3.02. The van der Waals surface area contributed by atoms with Crippen molar-refractivity contribution in [3.05, 3.63) is 53.6 Å². The fraction of sp³-hybridized carbons (Fsp3) is 0.391. The highest BCUT2D eigenvalue weighted by atomic mass is 16.5. The Kier molecular flexibility index (Phi) is 8.07. The molecule has 6 heteroatoms. The van der Waals surface area contributed by atoms with Gasteiger partial charge in [0.05, 0.1) is 14.2 Å². The number of carbonyl (C=O) groups excluding carboxylic acids is 2. The van der Waals surface area contributed by atoms with Crippen LogP contribution in [0.15, 0.2) is 42.5 Å². The van der Waals surface area contributed by atoms with Gasteiger partial charge in [-0.05, 0) is 54.7 Å². The molecule has 2 rings (SSSR count). The van der Waals surface area contributed by atoms with Crippen LogP contribution in [0.25, 0.3) is 0 Å². The van der Waals surface area contributed by atoms with Gasteiger partial charge in [-0.25, -0.2) is 0 Å². The largest absolute Gasteiger partial charge is 0.493 e. The standard InChI is InChI=1S/C23H29NO5/c1-15(2)18-8-10-19(11-9-18)24-23(26)16(3)29-22(25)13-7-17-6-12-20(27-4)21(14-17)28-5/h6,8-12,14-16H,7,13H2,1-5H3,(H,24,26)/t16-/m1/s1. The maximum atomic E-state index is 12.3. The molecule has 0 saturated heterocycles. The van der Waals surface area contributed by atoms with Crippen LogP contribution in [0.2, 0.25) is 0 Å². The molecule has 1 amide bonds. The molecule has 0 fully saturated rings. The molecule has 29 heavy (non-hydrogen) atoms. The molecule has 0 heterocycles. The number of anilines is 1. The van der Waals surface area contributed by atoms with Gasteiger partial charge in [0.1, 0.15) is 0 Å². The number of esters is 1. The number of carbonyl (C=O) groups is 2. The SMILES string of the molecule is COc1ccc(CCC(=O)O[C@H](C)C(=O)Nc2ccc(C(C)C)cc2)cc1OC. The number of methoxy groups -OCH3 is 2. The third-order valence-corrected chi connectivity index (χ3v) is 4.59. The van der Waals surface area contributed by atoms with Crippen LogP contribution >= 0.6 is 0 Å². The van der Waals surface area contributed by atoms with E-state index < -0.39 is 12.1 Å². The number of ether oxygens (including phenoxy) is 3. The van der Waals surface area contributed by atoms with Gasteiger partial charge in [-0.1, -0.05) is 32.0 Å².